The van der Waals surface area contributed by atoms with E-state index >= 15 is 0 Å². The minimum absolute atomic E-state index is 0.230. The molecule has 0 aromatic heterocycles. The molecular formula is C8H15ClFNO. The van der Waals surface area contributed by atoms with Crippen molar-refractivity contribution in [1.29, 1.82) is 0 Å². The number of halogens is 2. The van der Waals surface area contributed by atoms with Gasteiger partial charge in [-0.15, -0.1) is 11.6 Å². The molecule has 2 nitrogen and oxygen atoms in total. The molecular weight excluding hydrogens is 181 g/mol. The van der Waals surface area contributed by atoms with Gasteiger partial charge in [0.25, 0.3) is 0 Å². The molecule has 0 spiro atoms. The summed E-state index contributed by atoms with van der Waals surface area (Å²) in [6, 6.07) is 0. The number of β-amino-alcohol motifs (C(OH)–C–C–N with tert-alkyl or cyclic N) is 1. The first-order valence-corrected chi connectivity index (χ1v) is 4.86. The summed E-state index contributed by atoms with van der Waals surface area (Å²) < 4.78 is 12.8. The van der Waals surface area contributed by atoms with E-state index in [0.717, 1.165) is 13.0 Å². The number of aliphatic hydroxyl groups is 1. The number of rotatable bonds is 3. The van der Waals surface area contributed by atoms with Crippen molar-refractivity contribution in [2.24, 2.45) is 0 Å². The average molecular weight is 196 g/mol. The zero-order chi connectivity index (χ0) is 8.97. The first-order valence-electron chi connectivity index (χ1n) is 4.33. The Morgan fingerprint density at radius 2 is 2.42 bits per heavy atom. The lowest BCUT2D eigenvalue weighted by Crippen LogP contribution is -2.41. The quantitative estimate of drug-likeness (QED) is 0.680. The van der Waals surface area contributed by atoms with E-state index in [4.69, 9.17) is 11.6 Å². The number of nitrogens with zero attached hydrogens (tertiary/aromatic N) is 1. The van der Waals surface area contributed by atoms with Crippen LogP contribution < -0.4 is 0 Å². The summed E-state index contributed by atoms with van der Waals surface area (Å²) in [6.07, 6.45) is 0.308. The molecule has 0 amide bonds. The number of hydrogen-bond acceptors (Lipinski definition) is 2. The summed E-state index contributed by atoms with van der Waals surface area (Å²) in [5.41, 5.74) is 0. The number of hydrogen-bond donors (Lipinski definition) is 1. The van der Waals surface area contributed by atoms with E-state index in [9.17, 15) is 9.50 Å². The van der Waals surface area contributed by atoms with Gasteiger partial charge in [0.05, 0.1) is 6.10 Å². The van der Waals surface area contributed by atoms with Crippen LogP contribution in [0.5, 0.6) is 0 Å². The van der Waals surface area contributed by atoms with Gasteiger partial charge in [0, 0.05) is 19.0 Å². The molecule has 1 N–H and O–H groups in total. The van der Waals surface area contributed by atoms with Crippen LogP contribution in [0.25, 0.3) is 0 Å². The summed E-state index contributed by atoms with van der Waals surface area (Å²) in [7, 11) is 0. The molecule has 0 saturated carbocycles. The molecule has 0 aliphatic carbocycles. The molecule has 1 heterocycles. The predicted molar refractivity (Wildman–Crippen MR) is 47.3 cm³/mol. The standard InChI is InChI=1S/C8H15ClFNO/c9-4-8(12)6-11-3-1-2-7(10)5-11/h7-8,12H,1-6H2. The van der Waals surface area contributed by atoms with Crippen LogP contribution in [0.2, 0.25) is 0 Å². The van der Waals surface area contributed by atoms with Crippen LogP contribution in [-0.4, -0.2) is 47.8 Å². The molecule has 0 aromatic rings. The topological polar surface area (TPSA) is 23.5 Å². The molecule has 4 heteroatoms. The predicted octanol–water partition coefficient (Wildman–Crippen LogP) is 1.02. The summed E-state index contributed by atoms with van der Waals surface area (Å²) >= 11 is 5.44. The number of aliphatic hydroxyl groups excluding tert-OH is 1. The Kier molecular flexibility index (Phi) is 4.26. The van der Waals surface area contributed by atoms with Crippen molar-refractivity contribution in [2.45, 2.75) is 25.1 Å². The van der Waals surface area contributed by atoms with Crippen LogP contribution >= 0.6 is 11.6 Å². The molecule has 0 aromatic carbocycles. The van der Waals surface area contributed by atoms with E-state index in [1.54, 1.807) is 0 Å². The summed E-state index contributed by atoms with van der Waals surface area (Å²) in [4.78, 5) is 1.93. The van der Waals surface area contributed by atoms with Gasteiger partial charge in [-0.1, -0.05) is 0 Å². The lowest BCUT2D eigenvalue weighted by Gasteiger charge is -2.29. The van der Waals surface area contributed by atoms with Crippen molar-refractivity contribution in [3.05, 3.63) is 0 Å². The maximum atomic E-state index is 12.8. The van der Waals surface area contributed by atoms with Crippen molar-refractivity contribution in [2.75, 3.05) is 25.5 Å². The largest absolute Gasteiger partial charge is 0.391 e. The molecule has 72 valence electrons. The van der Waals surface area contributed by atoms with Crippen LogP contribution in [0, 0.1) is 0 Å². The normalized spacial score (nSPS) is 28.8. The fourth-order valence-corrected chi connectivity index (χ4v) is 1.61. The van der Waals surface area contributed by atoms with E-state index in [1.807, 2.05) is 4.90 Å². The van der Waals surface area contributed by atoms with E-state index in [-0.39, 0.29) is 5.88 Å². The highest BCUT2D eigenvalue weighted by molar-refractivity contribution is 6.18. The number of piperidine rings is 1. The van der Waals surface area contributed by atoms with Crippen molar-refractivity contribution in [3.8, 4) is 0 Å². The Labute approximate surface area is 77.3 Å². The summed E-state index contributed by atoms with van der Waals surface area (Å²) in [6.45, 7) is 1.84. The van der Waals surface area contributed by atoms with Gasteiger partial charge < -0.3 is 5.11 Å². The molecule has 1 fully saturated rings. The van der Waals surface area contributed by atoms with E-state index in [1.165, 1.54) is 0 Å². The molecule has 1 aliphatic rings. The fourth-order valence-electron chi connectivity index (χ4n) is 1.51. The summed E-state index contributed by atoms with van der Waals surface area (Å²) in [5.74, 6) is 0.230. The molecule has 0 bridgehead atoms. The Bertz CT molecular complexity index is 136. The second kappa shape index (κ2) is 5.00. The van der Waals surface area contributed by atoms with Gasteiger partial charge in [-0.05, 0) is 19.4 Å². The second-order valence-electron chi connectivity index (χ2n) is 3.31. The lowest BCUT2D eigenvalue weighted by molar-refractivity contribution is 0.0834. The maximum Gasteiger partial charge on any atom is 0.113 e. The van der Waals surface area contributed by atoms with Gasteiger partial charge in [-0.2, -0.15) is 0 Å². The van der Waals surface area contributed by atoms with Crippen molar-refractivity contribution < 1.29 is 9.50 Å². The SMILES string of the molecule is OC(CCl)CN1CCCC(F)C1. The highest BCUT2D eigenvalue weighted by Gasteiger charge is 2.20. The minimum atomic E-state index is -0.721. The monoisotopic (exact) mass is 195 g/mol. The van der Waals surface area contributed by atoms with Crippen molar-refractivity contribution in [3.63, 3.8) is 0 Å². The molecule has 1 rings (SSSR count). The minimum Gasteiger partial charge on any atom is -0.391 e. The van der Waals surface area contributed by atoms with Crippen molar-refractivity contribution >= 4 is 11.6 Å². The smallest absolute Gasteiger partial charge is 0.113 e. The van der Waals surface area contributed by atoms with Crippen molar-refractivity contribution in [1.82, 2.24) is 4.90 Å². The summed E-state index contributed by atoms with van der Waals surface area (Å²) in [5, 5.41) is 9.20. The molecule has 12 heavy (non-hydrogen) atoms. The van der Waals surface area contributed by atoms with Gasteiger partial charge in [0.1, 0.15) is 6.17 Å². The van der Waals surface area contributed by atoms with Gasteiger partial charge in [0.2, 0.25) is 0 Å². The molecule has 0 radical (unpaired) electrons. The molecule has 2 unspecified atom stereocenters. The van der Waals surface area contributed by atoms with Crippen LogP contribution in [0.3, 0.4) is 0 Å². The molecule has 1 saturated heterocycles. The zero-order valence-corrected chi connectivity index (χ0v) is 7.80. The first-order chi connectivity index (χ1) is 5.72. The Balaban J connectivity index is 2.22. The van der Waals surface area contributed by atoms with Crippen LogP contribution in [0.1, 0.15) is 12.8 Å². The Morgan fingerprint density at radius 1 is 1.67 bits per heavy atom. The Morgan fingerprint density at radius 3 is 3.00 bits per heavy atom. The Hall–Kier alpha value is 0.140. The highest BCUT2D eigenvalue weighted by Crippen LogP contribution is 2.12. The van der Waals surface area contributed by atoms with Gasteiger partial charge >= 0.3 is 0 Å². The fraction of sp³-hybridized carbons (Fsp3) is 1.00. The third-order valence-corrected chi connectivity index (χ3v) is 2.45. The third kappa shape index (κ3) is 3.25. The molecule has 2 atom stereocenters. The highest BCUT2D eigenvalue weighted by atomic mass is 35.5. The average Bonchev–Trinajstić information content (AvgIpc) is 2.04. The third-order valence-electron chi connectivity index (χ3n) is 2.10. The van der Waals surface area contributed by atoms with E-state index in [0.29, 0.717) is 19.5 Å². The number of likely N-dealkylation sites (tertiary alicyclic amines) is 1. The first kappa shape index (κ1) is 10.2. The van der Waals surface area contributed by atoms with Gasteiger partial charge in [0.15, 0.2) is 0 Å². The maximum absolute atomic E-state index is 12.8. The van der Waals surface area contributed by atoms with E-state index < -0.39 is 12.3 Å². The lowest BCUT2D eigenvalue weighted by atomic mass is 10.1. The number of alkyl halides is 2. The van der Waals surface area contributed by atoms with Gasteiger partial charge in [-0.3, -0.25) is 4.90 Å². The van der Waals surface area contributed by atoms with Crippen LogP contribution in [0.4, 0.5) is 4.39 Å². The zero-order valence-electron chi connectivity index (χ0n) is 7.05. The second-order valence-corrected chi connectivity index (χ2v) is 3.62. The van der Waals surface area contributed by atoms with Crippen LogP contribution in [0.15, 0.2) is 0 Å². The van der Waals surface area contributed by atoms with E-state index in [2.05, 4.69) is 0 Å². The van der Waals surface area contributed by atoms with Crippen LogP contribution in [-0.2, 0) is 0 Å². The van der Waals surface area contributed by atoms with Gasteiger partial charge in [-0.25, -0.2) is 4.39 Å². The molecule has 1 aliphatic heterocycles.